The Morgan fingerprint density at radius 3 is 2.54 bits per heavy atom. The number of hydrogen-bond acceptors (Lipinski definition) is 6. The van der Waals surface area contributed by atoms with Crippen molar-refractivity contribution >= 4 is 27.4 Å². The quantitative estimate of drug-likeness (QED) is 0.451. The molecule has 0 saturated carbocycles. The summed E-state index contributed by atoms with van der Waals surface area (Å²) in [5.41, 5.74) is 1.94. The van der Waals surface area contributed by atoms with Gasteiger partial charge in [-0.25, -0.2) is 9.97 Å². The van der Waals surface area contributed by atoms with E-state index in [1.54, 1.807) is 6.07 Å². The molecular weight excluding hydrogens is 471 g/mol. The van der Waals surface area contributed by atoms with Gasteiger partial charge in [0.25, 0.3) is 0 Å². The molecule has 2 aliphatic heterocycles. The van der Waals surface area contributed by atoms with Gasteiger partial charge < -0.3 is 4.90 Å². The van der Waals surface area contributed by atoms with Gasteiger partial charge in [-0.2, -0.15) is 18.4 Å². The normalized spacial score (nSPS) is 21.3. The molecule has 5 rings (SSSR count). The number of aromatic nitrogens is 2. The molecule has 35 heavy (non-hydrogen) atoms. The molecular formula is C26H28F3N5S. The van der Waals surface area contributed by atoms with Crippen LogP contribution in [0.3, 0.4) is 0 Å². The van der Waals surface area contributed by atoms with E-state index in [0.717, 1.165) is 73.7 Å². The summed E-state index contributed by atoms with van der Waals surface area (Å²) in [5, 5.41) is 10.1. The Labute approximate surface area is 207 Å². The summed E-state index contributed by atoms with van der Waals surface area (Å²) in [6, 6.07) is 12.3. The number of fused-ring (bicyclic) bond motifs is 1. The zero-order valence-electron chi connectivity index (χ0n) is 19.9. The molecule has 2 aliphatic rings. The van der Waals surface area contributed by atoms with E-state index >= 15 is 0 Å². The van der Waals surface area contributed by atoms with Gasteiger partial charge in [-0.1, -0.05) is 24.3 Å². The molecule has 2 saturated heterocycles. The summed E-state index contributed by atoms with van der Waals surface area (Å²) in [7, 11) is 0. The number of halogens is 3. The average molecular weight is 500 g/mol. The molecule has 0 amide bonds. The molecule has 0 radical (unpaired) electrons. The van der Waals surface area contributed by atoms with E-state index in [2.05, 4.69) is 50.1 Å². The maximum Gasteiger partial charge on any atom is 0.393 e. The van der Waals surface area contributed by atoms with Crippen molar-refractivity contribution in [3.05, 3.63) is 52.7 Å². The monoisotopic (exact) mass is 499 g/mol. The van der Waals surface area contributed by atoms with Crippen LogP contribution in [0.2, 0.25) is 0 Å². The number of benzene rings is 1. The molecule has 1 spiro atoms. The van der Waals surface area contributed by atoms with Crippen molar-refractivity contribution in [1.82, 2.24) is 14.9 Å². The highest BCUT2D eigenvalue weighted by molar-refractivity contribution is 7.18. The predicted octanol–water partition coefficient (Wildman–Crippen LogP) is 5.70. The highest BCUT2D eigenvalue weighted by Gasteiger charge is 2.44. The standard InChI is InChI=1S/C26H28F3N5S/c1-24(2,14-30)19-5-3-18(4-6-19)13-33-9-7-25(15-33)8-10-34(16-25)22-21-11-20(12-26(27,28)29)35-23(21)32-17-31-22/h3-6,11,17H,7-10,12-13,15-16H2,1-2H3. The van der Waals surface area contributed by atoms with E-state index in [1.807, 2.05) is 13.8 Å². The zero-order chi connectivity index (χ0) is 24.8. The lowest BCUT2D eigenvalue weighted by atomic mass is 9.86. The minimum atomic E-state index is -4.23. The molecule has 9 heteroatoms. The van der Waals surface area contributed by atoms with Crippen LogP contribution in [0.15, 0.2) is 36.7 Å². The number of likely N-dealkylation sites (tertiary alicyclic amines) is 1. The molecule has 1 atom stereocenters. The van der Waals surface area contributed by atoms with E-state index in [-0.39, 0.29) is 10.3 Å². The van der Waals surface area contributed by atoms with Gasteiger partial charge in [0, 0.05) is 36.5 Å². The van der Waals surface area contributed by atoms with Crippen LogP contribution in [-0.4, -0.2) is 47.2 Å². The van der Waals surface area contributed by atoms with Gasteiger partial charge in [-0.3, -0.25) is 4.90 Å². The third kappa shape index (κ3) is 5.00. The molecule has 5 nitrogen and oxygen atoms in total. The van der Waals surface area contributed by atoms with Gasteiger partial charge in [0.15, 0.2) is 0 Å². The topological polar surface area (TPSA) is 56.1 Å². The van der Waals surface area contributed by atoms with Crippen LogP contribution in [0.25, 0.3) is 10.2 Å². The van der Waals surface area contributed by atoms with Crippen LogP contribution in [0.4, 0.5) is 19.0 Å². The van der Waals surface area contributed by atoms with Crippen LogP contribution in [0, 0.1) is 16.7 Å². The van der Waals surface area contributed by atoms with Crippen LogP contribution in [0.1, 0.15) is 42.7 Å². The average Bonchev–Trinajstić information content (AvgIpc) is 3.51. The molecule has 4 heterocycles. The molecule has 0 N–H and O–H groups in total. The fourth-order valence-electron chi connectivity index (χ4n) is 5.39. The van der Waals surface area contributed by atoms with Crippen molar-refractivity contribution in [2.45, 2.75) is 51.2 Å². The molecule has 0 aliphatic carbocycles. The lowest BCUT2D eigenvalue weighted by Gasteiger charge is -2.25. The largest absolute Gasteiger partial charge is 0.393 e. The fraction of sp³-hybridized carbons (Fsp3) is 0.500. The van der Waals surface area contributed by atoms with Crippen molar-refractivity contribution in [2.75, 3.05) is 31.1 Å². The van der Waals surface area contributed by atoms with Gasteiger partial charge in [0.05, 0.1) is 23.3 Å². The van der Waals surface area contributed by atoms with E-state index in [1.165, 1.54) is 11.9 Å². The summed E-state index contributed by atoms with van der Waals surface area (Å²) in [4.78, 5) is 14.3. The van der Waals surface area contributed by atoms with Crippen molar-refractivity contribution in [3.8, 4) is 6.07 Å². The van der Waals surface area contributed by atoms with Gasteiger partial charge >= 0.3 is 6.18 Å². The van der Waals surface area contributed by atoms with Crippen LogP contribution >= 0.6 is 11.3 Å². The third-order valence-corrected chi connectivity index (χ3v) is 8.39. The smallest absolute Gasteiger partial charge is 0.355 e. The van der Waals surface area contributed by atoms with Crippen molar-refractivity contribution in [3.63, 3.8) is 0 Å². The third-order valence-electron chi connectivity index (χ3n) is 7.35. The van der Waals surface area contributed by atoms with E-state index in [0.29, 0.717) is 4.83 Å². The zero-order valence-corrected chi connectivity index (χ0v) is 20.7. The van der Waals surface area contributed by atoms with Crippen molar-refractivity contribution in [1.29, 1.82) is 5.26 Å². The first-order valence-corrected chi connectivity index (χ1v) is 12.7. The Hall–Kier alpha value is -2.70. The fourth-order valence-corrected chi connectivity index (χ4v) is 6.41. The molecule has 2 fully saturated rings. The maximum atomic E-state index is 12.9. The molecule has 184 valence electrons. The van der Waals surface area contributed by atoms with E-state index in [4.69, 9.17) is 0 Å². The first-order valence-electron chi connectivity index (χ1n) is 11.8. The number of nitrogens with zero attached hydrogens (tertiary/aromatic N) is 5. The highest BCUT2D eigenvalue weighted by Crippen LogP contribution is 2.43. The number of thiophene rings is 1. The Bertz CT molecular complexity index is 1260. The molecule has 1 aromatic carbocycles. The second-order valence-electron chi connectivity index (χ2n) is 10.5. The summed E-state index contributed by atoms with van der Waals surface area (Å²) in [6.07, 6.45) is -1.55. The molecule has 2 aromatic heterocycles. The maximum absolute atomic E-state index is 12.9. The minimum absolute atomic E-state index is 0.171. The van der Waals surface area contributed by atoms with Gasteiger partial charge in [0.2, 0.25) is 0 Å². The van der Waals surface area contributed by atoms with Crippen LogP contribution in [0.5, 0.6) is 0 Å². The molecule has 0 bridgehead atoms. The number of alkyl halides is 3. The Balaban J connectivity index is 1.26. The second-order valence-corrected chi connectivity index (χ2v) is 11.6. The van der Waals surface area contributed by atoms with Crippen LogP contribution in [-0.2, 0) is 18.4 Å². The summed E-state index contributed by atoms with van der Waals surface area (Å²) in [5.74, 6) is 0.755. The summed E-state index contributed by atoms with van der Waals surface area (Å²) >= 11 is 1.10. The summed E-state index contributed by atoms with van der Waals surface area (Å²) < 4.78 is 38.7. The molecule has 3 aromatic rings. The second kappa shape index (κ2) is 8.75. The number of anilines is 1. The Kier molecular flexibility index (Phi) is 6.01. The minimum Gasteiger partial charge on any atom is -0.355 e. The molecule has 1 unspecified atom stereocenters. The SMILES string of the molecule is CC(C)(C#N)c1ccc(CN2CCC3(CCN(c4ncnc5sc(CC(F)(F)F)cc45)C3)C2)cc1. The van der Waals surface area contributed by atoms with Gasteiger partial charge in [-0.15, -0.1) is 11.3 Å². The first-order chi connectivity index (χ1) is 16.6. The van der Waals surface area contributed by atoms with Crippen molar-refractivity contribution in [2.24, 2.45) is 5.41 Å². The Morgan fingerprint density at radius 1 is 1.09 bits per heavy atom. The van der Waals surface area contributed by atoms with Crippen LogP contribution < -0.4 is 4.90 Å². The predicted molar refractivity (Wildman–Crippen MR) is 131 cm³/mol. The number of hydrogen-bond donors (Lipinski definition) is 0. The number of nitriles is 1. The highest BCUT2D eigenvalue weighted by atomic mass is 32.1. The lowest BCUT2D eigenvalue weighted by molar-refractivity contribution is -0.126. The van der Waals surface area contributed by atoms with Crippen molar-refractivity contribution < 1.29 is 13.2 Å². The Morgan fingerprint density at radius 2 is 1.83 bits per heavy atom. The van der Waals surface area contributed by atoms with Gasteiger partial charge in [0.1, 0.15) is 17.0 Å². The van der Waals surface area contributed by atoms with E-state index < -0.39 is 18.0 Å². The van der Waals surface area contributed by atoms with Gasteiger partial charge in [-0.05, 0) is 50.4 Å². The van der Waals surface area contributed by atoms with E-state index in [9.17, 15) is 18.4 Å². The summed E-state index contributed by atoms with van der Waals surface area (Å²) in [6.45, 7) is 8.45. The first kappa shape index (κ1) is 24.0. The number of rotatable bonds is 5. The lowest BCUT2D eigenvalue weighted by Crippen LogP contribution is -2.31.